The Labute approximate surface area is 115 Å². The summed E-state index contributed by atoms with van der Waals surface area (Å²) < 4.78 is 0. The molecule has 1 aliphatic heterocycles. The summed E-state index contributed by atoms with van der Waals surface area (Å²) in [5, 5.41) is 2.93. The summed E-state index contributed by atoms with van der Waals surface area (Å²) in [6.07, 6.45) is 0.983. The maximum absolute atomic E-state index is 11.9. The van der Waals surface area contributed by atoms with Crippen LogP contribution in [0.25, 0.3) is 0 Å². The Balaban J connectivity index is 1.85. The number of benzene rings is 1. The van der Waals surface area contributed by atoms with Gasteiger partial charge in [0.05, 0.1) is 6.54 Å². The highest BCUT2D eigenvalue weighted by molar-refractivity contribution is 5.92. The first kappa shape index (κ1) is 14.0. The molecule has 4 heteroatoms. The van der Waals surface area contributed by atoms with Gasteiger partial charge in [-0.25, -0.2) is 0 Å². The molecule has 1 aromatic carbocycles. The predicted octanol–water partition coefficient (Wildman–Crippen LogP) is 1.78. The van der Waals surface area contributed by atoms with Gasteiger partial charge in [-0.3, -0.25) is 9.69 Å². The molecule has 4 nitrogen and oxygen atoms in total. The Morgan fingerprint density at radius 1 is 1.42 bits per heavy atom. The molecule has 1 unspecified atom stereocenters. The van der Waals surface area contributed by atoms with Crippen LogP contribution in [0.5, 0.6) is 0 Å². The van der Waals surface area contributed by atoms with Gasteiger partial charge in [0.2, 0.25) is 5.91 Å². The Morgan fingerprint density at radius 3 is 2.63 bits per heavy atom. The van der Waals surface area contributed by atoms with E-state index < -0.39 is 0 Å². The molecular weight excluding hydrogens is 238 g/mol. The first-order valence-corrected chi connectivity index (χ1v) is 6.92. The minimum atomic E-state index is 0.0337. The number of nitrogens with one attached hydrogen (secondary N) is 1. The Bertz CT molecular complexity index is 428. The Kier molecular flexibility index (Phi) is 4.56. The average molecular weight is 261 g/mol. The van der Waals surface area contributed by atoms with Crippen LogP contribution in [0, 0.1) is 0 Å². The second-order valence-corrected chi connectivity index (χ2v) is 5.61. The largest absolute Gasteiger partial charge is 0.326 e. The van der Waals surface area contributed by atoms with Gasteiger partial charge in [-0.2, -0.15) is 0 Å². The summed E-state index contributed by atoms with van der Waals surface area (Å²) in [6.45, 7) is 6.48. The zero-order chi connectivity index (χ0) is 13.8. The lowest BCUT2D eigenvalue weighted by molar-refractivity contribution is -0.117. The Morgan fingerprint density at radius 2 is 2.11 bits per heavy atom. The molecule has 0 saturated carbocycles. The number of carbonyl (C=O) groups excluding carboxylic acids is 1. The van der Waals surface area contributed by atoms with E-state index in [4.69, 9.17) is 5.73 Å². The van der Waals surface area contributed by atoms with E-state index in [0.717, 1.165) is 25.2 Å². The molecule has 1 aliphatic rings. The molecule has 0 bridgehead atoms. The zero-order valence-corrected chi connectivity index (χ0v) is 11.7. The van der Waals surface area contributed by atoms with E-state index in [0.29, 0.717) is 12.5 Å². The monoisotopic (exact) mass is 261 g/mol. The van der Waals surface area contributed by atoms with E-state index in [2.05, 4.69) is 36.2 Å². The molecule has 1 aromatic rings. The maximum atomic E-state index is 11.9. The van der Waals surface area contributed by atoms with Crippen molar-refractivity contribution >= 4 is 11.6 Å². The first-order chi connectivity index (χ1) is 9.04. The van der Waals surface area contributed by atoms with Gasteiger partial charge in [0, 0.05) is 24.8 Å². The van der Waals surface area contributed by atoms with Crippen molar-refractivity contribution in [3.63, 3.8) is 0 Å². The van der Waals surface area contributed by atoms with Crippen LogP contribution >= 0.6 is 0 Å². The standard InChI is InChI=1S/C15H23N3O/c1-11(2)12-3-5-14(6-4-12)17-15(19)10-18-8-7-13(16)9-18/h3-6,11,13H,7-10,16H2,1-2H3,(H,17,19). The summed E-state index contributed by atoms with van der Waals surface area (Å²) in [4.78, 5) is 14.0. The van der Waals surface area contributed by atoms with E-state index in [1.165, 1.54) is 5.56 Å². The smallest absolute Gasteiger partial charge is 0.238 e. The molecule has 1 heterocycles. The molecule has 104 valence electrons. The number of carbonyl (C=O) groups is 1. The highest BCUT2D eigenvalue weighted by Gasteiger charge is 2.20. The van der Waals surface area contributed by atoms with E-state index in [1.54, 1.807) is 0 Å². The fourth-order valence-corrected chi connectivity index (χ4v) is 2.36. The molecule has 1 fully saturated rings. The van der Waals surface area contributed by atoms with Gasteiger partial charge >= 0.3 is 0 Å². The highest BCUT2D eigenvalue weighted by atomic mass is 16.2. The summed E-state index contributed by atoms with van der Waals surface area (Å²) in [6, 6.07) is 8.27. The number of amides is 1. The molecule has 0 aromatic heterocycles. The van der Waals surface area contributed by atoms with Gasteiger partial charge in [0.1, 0.15) is 0 Å². The van der Waals surface area contributed by atoms with Crippen LogP contribution in [0.15, 0.2) is 24.3 Å². The third-order valence-electron chi connectivity index (χ3n) is 3.54. The van der Waals surface area contributed by atoms with Crippen molar-refractivity contribution in [3.05, 3.63) is 29.8 Å². The lowest BCUT2D eigenvalue weighted by Gasteiger charge is -2.15. The minimum absolute atomic E-state index is 0.0337. The van der Waals surface area contributed by atoms with Crippen LogP contribution in [0.1, 0.15) is 31.7 Å². The van der Waals surface area contributed by atoms with Crippen molar-refractivity contribution in [1.82, 2.24) is 4.90 Å². The fourth-order valence-electron chi connectivity index (χ4n) is 2.36. The molecule has 19 heavy (non-hydrogen) atoms. The molecule has 2 rings (SSSR count). The van der Waals surface area contributed by atoms with E-state index in [1.807, 2.05) is 12.1 Å². The molecule has 0 aliphatic carbocycles. The van der Waals surface area contributed by atoms with Crippen LogP contribution in [-0.4, -0.2) is 36.5 Å². The van der Waals surface area contributed by atoms with Gasteiger partial charge in [0.15, 0.2) is 0 Å². The number of hydrogen-bond acceptors (Lipinski definition) is 3. The number of nitrogens with zero attached hydrogens (tertiary/aromatic N) is 1. The molecule has 0 radical (unpaired) electrons. The van der Waals surface area contributed by atoms with Gasteiger partial charge in [0.25, 0.3) is 0 Å². The lowest BCUT2D eigenvalue weighted by atomic mass is 10.0. The normalized spacial score (nSPS) is 19.9. The summed E-state index contributed by atoms with van der Waals surface area (Å²) >= 11 is 0. The summed E-state index contributed by atoms with van der Waals surface area (Å²) in [7, 11) is 0. The number of nitrogens with two attached hydrogens (primary N) is 1. The van der Waals surface area contributed by atoms with Crippen molar-refractivity contribution in [2.24, 2.45) is 5.73 Å². The van der Waals surface area contributed by atoms with E-state index >= 15 is 0 Å². The van der Waals surface area contributed by atoms with Gasteiger partial charge < -0.3 is 11.1 Å². The third-order valence-corrected chi connectivity index (χ3v) is 3.54. The van der Waals surface area contributed by atoms with Gasteiger partial charge in [-0.05, 0) is 30.0 Å². The van der Waals surface area contributed by atoms with E-state index in [-0.39, 0.29) is 11.9 Å². The van der Waals surface area contributed by atoms with Crippen molar-refractivity contribution < 1.29 is 4.79 Å². The topological polar surface area (TPSA) is 58.4 Å². The third kappa shape index (κ3) is 4.04. The summed E-state index contributed by atoms with van der Waals surface area (Å²) in [5.74, 6) is 0.544. The number of likely N-dealkylation sites (tertiary alicyclic amines) is 1. The van der Waals surface area contributed by atoms with Gasteiger partial charge in [-0.1, -0.05) is 26.0 Å². The number of rotatable bonds is 4. The highest BCUT2D eigenvalue weighted by Crippen LogP contribution is 2.17. The SMILES string of the molecule is CC(C)c1ccc(NC(=O)CN2CCC(N)C2)cc1. The van der Waals surface area contributed by atoms with Crippen LogP contribution in [0.3, 0.4) is 0 Å². The fraction of sp³-hybridized carbons (Fsp3) is 0.533. The van der Waals surface area contributed by atoms with Crippen molar-refractivity contribution in [1.29, 1.82) is 0 Å². The molecular formula is C15H23N3O. The average Bonchev–Trinajstić information content (AvgIpc) is 2.75. The Hall–Kier alpha value is -1.39. The molecule has 0 spiro atoms. The zero-order valence-electron chi connectivity index (χ0n) is 11.7. The van der Waals surface area contributed by atoms with Crippen LogP contribution < -0.4 is 11.1 Å². The molecule has 3 N–H and O–H groups in total. The predicted molar refractivity (Wildman–Crippen MR) is 78.2 cm³/mol. The number of anilines is 1. The molecule has 1 atom stereocenters. The van der Waals surface area contributed by atoms with Crippen LogP contribution in [-0.2, 0) is 4.79 Å². The molecule has 1 saturated heterocycles. The van der Waals surface area contributed by atoms with Crippen LogP contribution in [0.4, 0.5) is 5.69 Å². The van der Waals surface area contributed by atoms with Gasteiger partial charge in [-0.15, -0.1) is 0 Å². The lowest BCUT2D eigenvalue weighted by Crippen LogP contribution is -2.33. The maximum Gasteiger partial charge on any atom is 0.238 e. The van der Waals surface area contributed by atoms with Crippen LogP contribution in [0.2, 0.25) is 0 Å². The second-order valence-electron chi connectivity index (χ2n) is 5.61. The van der Waals surface area contributed by atoms with Crippen molar-refractivity contribution in [2.75, 3.05) is 25.0 Å². The van der Waals surface area contributed by atoms with E-state index in [9.17, 15) is 4.79 Å². The second kappa shape index (κ2) is 6.17. The number of hydrogen-bond donors (Lipinski definition) is 2. The first-order valence-electron chi connectivity index (χ1n) is 6.92. The minimum Gasteiger partial charge on any atom is -0.326 e. The van der Waals surface area contributed by atoms with Crippen molar-refractivity contribution in [3.8, 4) is 0 Å². The quantitative estimate of drug-likeness (QED) is 0.868. The summed E-state index contributed by atoms with van der Waals surface area (Å²) in [5.41, 5.74) is 7.97. The molecule has 1 amide bonds. The van der Waals surface area contributed by atoms with Crippen molar-refractivity contribution in [2.45, 2.75) is 32.2 Å².